The van der Waals surface area contributed by atoms with Crippen molar-refractivity contribution in [2.45, 2.75) is 56.5 Å². The summed E-state index contributed by atoms with van der Waals surface area (Å²) in [6, 6.07) is 0. The van der Waals surface area contributed by atoms with E-state index in [-0.39, 0.29) is 5.22 Å². The summed E-state index contributed by atoms with van der Waals surface area (Å²) in [5, 5.41) is 0.175. The molecule has 2 aliphatic heterocycles. The van der Waals surface area contributed by atoms with E-state index in [4.69, 9.17) is 9.47 Å². The first-order valence-electron chi connectivity index (χ1n) is 6.01. The highest BCUT2D eigenvalue weighted by Gasteiger charge is 2.46. The van der Waals surface area contributed by atoms with Crippen LogP contribution in [0.3, 0.4) is 0 Å². The highest BCUT2D eigenvalue weighted by Crippen LogP contribution is 2.36. The van der Waals surface area contributed by atoms with Crippen LogP contribution >= 0.6 is 0 Å². The maximum atomic E-state index is 6.15. The third-order valence-corrected chi connectivity index (χ3v) is 6.57. The Labute approximate surface area is 88.6 Å². The van der Waals surface area contributed by atoms with Gasteiger partial charge >= 0.3 is 0 Å². The minimum Gasteiger partial charge on any atom is -0.376 e. The van der Waals surface area contributed by atoms with Gasteiger partial charge in [-0.25, -0.2) is 0 Å². The zero-order valence-corrected chi connectivity index (χ0v) is 10.6. The minimum atomic E-state index is -0.788. The molecule has 0 aliphatic carbocycles. The molecule has 2 heterocycles. The van der Waals surface area contributed by atoms with E-state index in [0.717, 1.165) is 13.2 Å². The fraction of sp³-hybridized carbons (Fsp3) is 1.00. The summed E-state index contributed by atoms with van der Waals surface area (Å²) < 4.78 is 12.0. The molecule has 2 fully saturated rings. The molecule has 0 saturated carbocycles. The van der Waals surface area contributed by atoms with Crippen LogP contribution in [-0.2, 0) is 9.47 Å². The Morgan fingerprint density at radius 3 is 2.50 bits per heavy atom. The zero-order valence-electron chi connectivity index (χ0n) is 9.42. The van der Waals surface area contributed by atoms with Gasteiger partial charge in [-0.15, -0.1) is 0 Å². The van der Waals surface area contributed by atoms with Gasteiger partial charge in [0.2, 0.25) is 0 Å². The molecule has 2 atom stereocenters. The SMILES string of the molecule is C[SiH](C)C1(C2CCCO2)CCCCO1. The highest BCUT2D eigenvalue weighted by atomic mass is 28.3. The normalized spacial score (nSPS) is 39.2. The lowest BCUT2D eigenvalue weighted by Gasteiger charge is -2.44. The molecule has 0 aromatic heterocycles. The summed E-state index contributed by atoms with van der Waals surface area (Å²) in [6.07, 6.45) is 6.72. The Morgan fingerprint density at radius 1 is 1.14 bits per heavy atom. The molecule has 2 rings (SSSR count). The van der Waals surface area contributed by atoms with Crippen molar-refractivity contribution in [1.82, 2.24) is 0 Å². The lowest BCUT2D eigenvalue weighted by atomic mass is 10.0. The van der Waals surface area contributed by atoms with Crippen molar-refractivity contribution in [3.05, 3.63) is 0 Å². The molecule has 82 valence electrons. The monoisotopic (exact) mass is 214 g/mol. The van der Waals surface area contributed by atoms with Crippen LogP contribution in [0.25, 0.3) is 0 Å². The molecule has 2 unspecified atom stereocenters. The number of rotatable bonds is 2. The van der Waals surface area contributed by atoms with Crippen molar-refractivity contribution in [2.75, 3.05) is 13.2 Å². The van der Waals surface area contributed by atoms with Crippen LogP contribution in [0.2, 0.25) is 13.1 Å². The van der Waals surface area contributed by atoms with Crippen molar-refractivity contribution in [3.8, 4) is 0 Å². The molecule has 3 heteroatoms. The van der Waals surface area contributed by atoms with Gasteiger partial charge in [-0.2, -0.15) is 0 Å². The van der Waals surface area contributed by atoms with Crippen LogP contribution in [0.4, 0.5) is 0 Å². The van der Waals surface area contributed by atoms with Gasteiger partial charge < -0.3 is 9.47 Å². The smallest absolute Gasteiger partial charge is 0.0831 e. The van der Waals surface area contributed by atoms with Crippen molar-refractivity contribution in [2.24, 2.45) is 0 Å². The number of ether oxygens (including phenoxy) is 2. The highest BCUT2D eigenvalue weighted by molar-refractivity contribution is 6.59. The first kappa shape index (κ1) is 10.6. The zero-order chi connectivity index (χ0) is 10.0. The second-order valence-corrected chi connectivity index (χ2v) is 8.20. The van der Waals surface area contributed by atoms with Gasteiger partial charge in [-0.1, -0.05) is 13.1 Å². The fourth-order valence-corrected chi connectivity index (χ4v) is 5.12. The van der Waals surface area contributed by atoms with Crippen LogP contribution < -0.4 is 0 Å². The molecule has 0 bridgehead atoms. The summed E-state index contributed by atoms with van der Waals surface area (Å²) in [5.74, 6) is 0. The molecule has 2 saturated heterocycles. The second-order valence-electron chi connectivity index (χ2n) is 4.92. The van der Waals surface area contributed by atoms with Gasteiger partial charge in [0.25, 0.3) is 0 Å². The van der Waals surface area contributed by atoms with E-state index in [1.807, 2.05) is 0 Å². The van der Waals surface area contributed by atoms with Crippen LogP contribution in [0, 0.1) is 0 Å². The molecule has 0 radical (unpaired) electrons. The van der Waals surface area contributed by atoms with E-state index in [0.29, 0.717) is 6.10 Å². The third kappa shape index (κ3) is 1.77. The first-order chi connectivity index (χ1) is 6.76. The molecule has 14 heavy (non-hydrogen) atoms. The lowest BCUT2D eigenvalue weighted by molar-refractivity contribution is -0.104. The average Bonchev–Trinajstić information content (AvgIpc) is 2.72. The standard InChI is InChI=1S/C11H22O2Si/c1-14(2)11(7-3-4-9-13-11)10-6-5-8-12-10/h10,14H,3-9H2,1-2H3. The van der Waals surface area contributed by atoms with Crippen LogP contribution in [0.1, 0.15) is 32.1 Å². The Bertz CT molecular complexity index is 182. The Kier molecular flexibility index (Phi) is 3.29. The third-order valence-electron chi connectivity index (χ3n) is 3.78. The first-order valence-corrected chi connectivity index (χ1v) is 8.90. The van der Waals surface area contributed by atoms with Crippen LogP contribution in [0.5, 0.6) is 0 Å². The molecule has 0 spiro atoms. The maximum absolute atomic E-state index is 6.15. The summed E-state index contributed by atoms with van der Waals surface area (Å²) >= 11 is 0. The average molecular weight is 214 g/mol. The second kappa shape index (κ2) is 4.33. The molecule has 0 aromatic carbocycles. The van der Waals surface area contributed by atoms with Gasteiger partial charge in [0.05, 0.1) is 20.1 Å². The Hall–Kier alpha value is 0.137. The molecular weight excluding hydrogens is 192 g/mol. The van der Waals surface area contributed by atoms with Crippen molar-refractivity contribution < 1.29 is 9.47 Å². The number of hydrogen-bond donors (Lipinski definition) is 0. The van der Waals surface area contributed by atoms with Gasteiger partial charge in [-0.05, 0) is 32.1 Å². The van der Waals surface area contributed by atoms with Crippen molar-refractivity contribution >= 4 is 8.80 Å². The van der Waals surface area contributed by atoms with Gasteiger partial charge in [-0.3, -0.25) is 0 Å². The summed E-state index contributed by atoms with van der Waals surface area (Å²) in [6.45, 7) is 6.74. The predicted molar refractivity (Wildman–Crippen MR) is 60.4 cm³/mol. The molecule has 0 aromatic rings. The van der Waals surface area contributed by atoms with Crippen LogP contribution in [0.15, 0.2) is 0 Å². The molecular formula is C11H22O2Si. The number of hydrogen-bond acceptors (Lipinski definition) is 2. The maximum Gasteiger partial charge on any atom is 0.0831 e. The largest absolute Gasteiger partial charge is 0.376 e. The van der Waals surface area contributed by atoms with E-state index in [9.17, 15) is 0 Å². The minimum absolute atomic E-state index is 0.175. The van der Waals surface area contributed by atoms with Crippen molar-refractivity contribution in [1.29, 1.82) is 0 Å². The van der Waals surface area contributed by atoms with Crippen LogP contribution in [-0.4, -0.2) is 33.3 Å². The van der Waals surface area contributed by atoms with Crippen molar-refractivity contribution in [3.63, 3.8) is 0 Å². The quantitative estimate of drug-likeness (QED) is 0.656. The van der Waals surface area contributed by atoms with Gasteiger partial charge in [0, 0.05) is 13.2 Å². The van der Waals surface area contributed by atoms with E-state index in [1.165, 1.54) is 32.1 Å². The van der Waals surface area contributed by atoms with E-state index in [2.05, 4.69) is 13.1 Å². The Morgan fingerprint density at radius 2 is 2.00 bits per heavy atom. The van der Waals surface area contributed by atoms with Gasteiger partial charge in [0.1, 0.15) is 0 Å². The van der Waals surface area contributed by atoms with E-state index >= 15 is 0 Å². The summed E-state index contributed by atoms with van der Waals surface area (Å²) in [5.41, 5.74) is 0. The molecule has 2 nitrogen and oxygen atoms in total. The van der Waals surface area contributed by atoms with E-state index < -0.39 is 8.80 Å². The lowest BCUT2D eigenvalue weighted by Crippen LogP contribution is -2.56. The molecule has 0 amide bonds. The van der Waals surface area contributed by atoms with Gasteiger partial charge in [0.15, 0.2) is 0 Å². The predicted octanol–water partition coefficient (Wildman–Crippen LogP) is 2.13. The topological polar surface area (TPSA) is 18.5 Å². The summed E-state index contributed by atoms with van der Waals surface area (Å²) in [4.78, 5) is 0. The summed E-state index contributed by atoms with van der Waals surface area (Å²) in [7, 11) is -0.788. The fourth-order valence-electron chi connectivity index (χ4n) is 2.88. The van der Waals surface area contributed by atoms with E-state index in [1.54, 1.807) is 0 Å². The molecule has 2 aliphatic rings. The molecule has 0 N–H and O–H groups in total. The Balaban J connectivity index is 2.11.